The van der Waals surface area contributed by atoms with Crippen molar-refractivity contribution in [1.82, 2.24) is 10.5 Å². The van der Waals surface area contributed by atoms with Gasteiger partial charge in [0.05, 0.1) is 16.4 Å². The summed E-state index contributed by atoms with van der Waals surface area (Å²) < 4.78 is 4.87. The third kappa shape index (κ3) is 3.80. The van der Waals surface area contributed by atoms with Crippen LogP contribution < -0.4 is 10.2 Å². The molecule has 2 rings (SSSR count). The van der Waals surface area contributed by atoms with Crippen molar-refractivity contribution in [2.24, 2.45) is 0 Å². The fraction of sp³-hybridized carbons (Fsp3) is 0.143. The van der Waals surface area contributed by atoms with Gasteiger partial charge in [0.2, 0.25) is 0 Å². The number of phenolic OH excluding ortho intramolecular Hbond substituents is 1. The van der Waals surface area contributed by atoms with Gasteiger partial charge in [-0.25, -0.2) is 4.98 Å². The number of hydrogen-bond acceptors (Lipinski definition) is 7. The van der Waals surface area contributed by atoms with Gasteiger partial charge in [-0.15, -0.1) is 11.3 Å². The number of aromatic nitrogens is 1. The highest BCUT2D eigenvalue weighted by molar-refractivity contribution is 7.09. The maximum atomic E-state index is 10.9. The molecule has 0 radical (unpaired) electrons. The largest absolute Gasteiger partial charge is 0.507 e. The van der Waals surface area contributed by atoms with Crippen molar-refractivity contribution in [3.63, 3.8) is 0 Å². The number of aromatic hydroxyl groups is 1. The molecule has 0 atom stereocenters. The average molecular weight is 306 g/mol. The molecule has 21 heavy (non-hydrogen) atoms. The van der Waals surface area contributed by atoms with Gasteiger partial charge < -0.3 is 9.84 Å². The lowest BCUT2D eigenvalue weighted by Gasteiger charge is -2.09. The normalized spacial score (nSPS) is 11.3. The van der Waals surface area contributed by atoms with Crippen LogP contribution in [0.25, 0.3) is 11.8 Å². The first-order valence-electron chi connectivity index (χ1n) is 6.05. The Labute approximate surface area is 125 Å². The number of nitrogens with one attached hydrogen (secondary N) is 1. The summed E-state index contributed by atoms with van der Waals surface area (Å²) in [6, 6.07) is 4.35. The number of thiazole rings is 1. The topological polar surface area (TPSA) is 91.7 Å². The van der Waals surface area contributed by atoms with Crippen molar-refractivity contribution < 1.29 is 19.8 Å². The molecule has 0 saturated heterocycles. The summed E-state index contributed by atoms with van der Waals surface area (Å²) in [5, 5.41) is 22.0. The number of esters is 1. The molecule has 0 aliphatic rings. The van der Waals surface area contributed by atoms with Crippen LogP contribution in [0, 0.1) is 6.92 Å². The van der Waals surface area contributed by atoms with Crippen LogP contribution in [0.2, 0.25) is 0 Å². The van der Waals surface area contributed by atoms with E-state index in [9.17, 15) is 15.1 Å². The standard InChI is InChI=1S/C14H14N2O4S/c1-8-15-10(7-21-8)5-13(16-19)12-4-3-11(6-14(12)18)20-9(2)17/h3-7,16,18-19H,1-2H3. The third-order valence-electron chi connectivity index (χ3n) is 2.57. The second-order valence-corrected chi connectivity index (χ2v) is 5.30. The van der Waals surface area contributed by atoms with Crippen LogP contribution in [0.5, 0.6) is 11.5 Å². The van der Waals surface area contributed by atoms with Crippen LogP contribution in [0.1, 0.15) is 23.2 Å². The Balaban J connectivity index is 2.34. The molecule has 1 aromatic carbocycles. The Hall–Kier alpha value is -2.38. The van der Waals surface area contributed by atoms with Gasteiger partial charge in [0.25, 0.3) is 0 Å². The van der Waals surface area contributed by atoms with Gasteiger partial charge in [0, 0.05) is 23.9 Å². The second-order valence-electron chi connectivity index (χ2n) is 4.23. The fourth-order valence-corrected chi connectivity index (χ4v) is 2.30. The van der Waals surface area contributed by atoms with E-state index in [1.807, 2.05) is 17.8 Å². The Morgan fingerprint density at radius 2 is 2.24 bits per heavy atom. The fourth-order valence-electron chi connectivity index (χ4n) is 1.73. The molecule has 0 amide bonds. The molecular weight excluding hydrogens is 292 g/mol. The highest BCUT2D eigenvalue weighted by atomic mass is 32.1. The maximum Gasteiger partial charge on any atom is 0.308 e. The molecule has 7 heteroatoms. The van der Waals surface area contributed by atoms with E-state index in [-0.39, 0.29) is 17.2 Å². The minimum Gasteiger partial charge on any atom is -0.507 e. The molecule has 2 aromatic rings. The molecule has 110 valence electrons. The summed E-state index contributed by atoms with van der Waals surface area (Å²) in [6.07, 6.45) is 1.60. The first-order chi connectivity index (χ1) is 9.99. The van der Waals surface area contributed by atoms with Crippen LogP contribution in [0.15, 0.2) is 23.6 Å². The number of carbonyl (C=O) groups excluding carboxylic acids is 1. The van der Waals surface area contributed by atoms with E-state index in [1.165, 1.54) is 36.5 Å². The van der Waals surface area contributed by atoms with Crippen LogP contribution >= 0.6 is 11.3 Å². The number of phenols is 1. The van der Waals surface area contributed by atoms with Crippen molar-refractivity contribution in [2.45, 2.75) is 13.8 Å². The van der Waals surface area contributed by atoms with Crippen LogP contribution in [0.4, 0.5) is 0 Å². The molecule has 0 fully saturated rings. The summed E-state index contributed by atoms with van der Waals surface area (Å²) in [5.41, 5.74) is 3.34. The number of benzene rings is 1. The quantitative estimate of drug-likeness (QED) is 0.457. The van der Waals surface area contributed by atoms with E-state index < -0.39 is 5.97 Å². The molecule has 0 saturated carbocycles. The highest BCUT2D eigenvalue weighted by Crippen LogP contribution is 2.29. The molecular formula is C14H14N2O4S. The van der Waals surface area contributed by atoms with Gasteiger partial charge in [-0.3, -0.25) is 15.5 Å². The maximum absolute atomic E-state index is 10.9. The van der Waals surface area contributed by atoms with E-state index in [2.05, 4.69) is 4.98 Å². The molecule has 0 spiro atoms. The number of rotatable bonds is 4. The van der Waals surface area contributed by atoms with E-state index in [4.69, 9.17) is 4.74 Å². The number of nitrogens with zero attached hydrogens (tertiary/aromatic N) is 1. The number of carbonyl (C=O) groups is 1. The highest BCUT2D eigenvalue weighted by Gasteiger charge is 2.10. The van der Waals surface area contributed by atoms with Gasteiger partial charge >= 0.3 is 5.97 Å². The first-order valence-corrected chi connectivity index (χ1v) is 6.93. The summed E-state index contributed by atoms with van der Waals surface area (Å²) >= 11 is 1.48. The van der Waals surface area contributed by atoms with E-state index in [0.717, 1.165) is 5.01 Å². The van der Waals surface area contributed by atoms with Crippen LogP contribution in [-0.2, 0) is 4.79 Å². The van der Waals surface area contributed by atoms with Crippen molar-refractivity contribution in [3.05, 3.63) is 39.8 Å². The number of hydrogen-bond donors (Lipinski definition) is 3. The minimum atomic E-state index is -0.476. The monoisotopic (exact) mass is 306 g/mol. The number of hydroxylamine groups is 1. The lowest BCUT2D eigenvalue weighted by molar-refractivity contribution is -0.131. The van der Waals surface area contributed by atoms with Gasteiger partial charge in [0.15, 0.2) is 0 Å². The molecule has 1 heterocycles. The van der Waals surface area contributed by atoms with Crippen LogP contribution in [-0.4, -0.2) is 21.3 Å². The van der Waals surface area contributed by atoms with Crippen LogP contribution in [0.3, 0.4) is 0 Å². The average Bonchev–Trinajstić information content (AvgIpc) is 2.81. The summed E-state index contributed by atoms with van der Waals surface area (Å²) in [5.74, 6) is -0.379. The number of ether oxygens (including phenoxy) is 1. The van der Waals surface area contributed by atoms with Crippen molar-refractivity contribution in [3.8, 4) is 11.5 Å². The van der Waals surface area contributed by atoms with E-state index >= 15 is 0 Å². The third-order valence-corrected chi connectivity index (χ3v) is 3.36. The van der Waals surface area contributed by atoms with Gasteiger partial charge in [0.1, 0.15) is 11.5 Å². The molecule has 3 N–H and O–H groups in total. The molecule has 0 aliphatic carbocycles. The predicted octanol–water partition coefficient (Wildman–Crippen LogP) is 2.56. The molecule has 0 bridgehead atoms. The SMILES string of the molecule is CC(=O)Oc1ccc(C(=Cc2csc(C)n2)NO)c(O)c1. The predicted molar refractivity (Wildman–Crippen MR) is 79.1 cm³/mol. The van der Waals surface area contributed by atoms with Crippen molar-refractivity contribution in [1.29, 1.82) is 0 Å². The molecule has 0 aliphatic heterocycles. The Morgan fingerprint density at radius 1 is 1.48 bits per heavy atom. The van der Waals surface area contributed by atoms with Gasteiger partial charge in [-0.1, -0.05) is 0 Å². The zero-order chi connectivity index (χ0) is 15.4. The Bertz CT molecular complexity index is 694. The summed E-state index contributed by atoms with van der Waals surface area (Å²) in [6.45, 7) is 3.15. The first kappa shape index (κ1) is 15.0. The lowest BCUT2D eigenvalue weighted by atomic mass is 10.1. The Kier molecular flexibility index (Phi) is 4.56. The van der Waals surface area contributed by atoms with E-state index in [1.54, 1.807) is 6.08 Å². The van der Waals surface area contributed by atoms with E-state index in [0.29, 0.717) is 11.3 Å². The number of aryl methyl sites for hydroxylation is 1. The second kappa shape index (κ2) is 6.38. The van der Waals surface area contributed by atoms with Crippen molar-refractivity contribution >= 4 is 29.1 Å². The summed E-state index contributed by atoms with van der Waals surface area (Å²) in [4.78, 5) is 15.1. The van der Waals surface area contributed by atoms with Crippen molar-refractivity contribution in [2.75, 3.05) is 0 Å². The molecule has 6 nitrogen and oxygen atoms in total. The summed E-state index contributed by atoms with van der Waals surface area (Å²) in [7, 11) is 0. The minimum absolute atomic E-state index is 0.131. The smallest absolute Gasteiger partial charge is 0.308 e. The molecule has 1 aromatic heterocycles. The zero-order valence-electron chi connectivity index (χ0n) is 11.5. The van der Waals surface area contributed by atoms with Gasteiger partial charge in [-0.2, -0.15) is 0 Å². The molecule has 0 unspecified atom stereocenters. The Morgan fingerprint density at radius 3 is 2.76 bits per heavy atom. The zero-order valence-corrected chi connectivity index (χ0v) is 12.3. The van der Waals surface area contributed by atoms with Gasteiger partial charge in [-0.05, 0) is 25.1 Å². The lowest BCUT2D eigenvalue weighted by Crippen LogP contribution is -2.06.